The summed E-state index contributed by atoms with van der Waals surface area (Å²) in [6.45, 7) is 2.72. The molecule has 112 valence electrons. The molecule has 2 aromatic heterocycles. The Hall–Kier alpha value is -1.92. The van der Waals surface area contributed by atoms with Crippen LogP contribution in [0.15, 0.2) is 36.8 Å². The van der Waals surface area contributed by atoms with E-state index in [-0.39, 0.29) is 18.2 Å². The van der Waals surface area contributed by atoms with Crippen molar-refractivity contribution in [3.05, 3.63) is 36.8 Å². The van der Waals surface area contributed by atoms with Gasteiger partial charge in [-0.05, 0) is 31.5 Å². The highest BCUT2D eigenvalue weighted by atomic mass is 16.5. The summed E-state index contributed by atoms with van der Waals surface area (Å²) < 4.78 is 12.9. The van der Waals surface area contributed by atoms with E-state index in [0.717, 1.165) is 24.5 Å². The van der Waals surface area contributed by atoms with Gasteiger partial charge in [0.25, 0.3) is 0 Å². The minimum absolute atomic E-state index is 0.0933. The largest absolute Gasteiger partial charge is 0.378 e. The lowest BCUT2D eigenvalue weighted by molar-refractivity contribution is -0.118. The van der Waals surface area contributed by atoms with Crippen molar-refractivity contribution in [3.8, 4) is 5.82 Å². The van der Waals surface area contributed by atoms with Crippen LogP contribution >= 0.6 is 0 Å². The van der Waals surface area contributed by atoms with Crippen molar-refractivity contribution < 1.29 is 9.47 Å². The van der Waals surface area contributed by atoms with Gasteiger partial charge in [-0.15, -0.1) is 0 Å². The molecule has 1 aliphatic carbocycles. The normalized spacial score (nSPS) is 24.6. The predicted molar refractivity (Wildman–Crippen MR) is 79.6 cm³/mol. The van der Waals surface area contributed by atoms with Crippen LogP contribution in [-0.4, -0.2) is 46.7 Å². The molecule has 21 heavy (non-hydrogen) atoms. The van der Waals surface area contributed by atoms with E-state index >= 15 is 0 Å². The van der Waals surface area contributed by atoms with Crippen molar-refractivity contribution >= 4 is 5.69 Å². The Balaban J connectivity index is 1.61. The number of aromatic nitrogens is 3. The van der Waals surface area contributed by atoms with Crippen molar-refractivity contribution in [2.45, 2.75) is 31.6 Å². The Morgan fingerprint density at radius 1 is 1.43 bits per heavy atom. The number of nitrogens with zero attached hydrogens (tertiary/aromatic N) is 3. The van der Waals surface area contributed by atoms with Crippen LogP contribution in [0.3, 0.4) is 0 Å². The molecule has 3 atom stereocenters. The van der Waals surface area contributed by atoms with Crippen LogP contribution < -0.4 is 5.32 Å². The highest BCUT2D eigenvalue weighted by molar-refractivity contribution is 5.45. The van der Waals surface area contributed by atoms with E-state index < -0.39 is 0 Å². The van der Waals surface area contributed by atoms with E-state index in [9.17, 15) is 0 Å². The topological polar surface area (TPSA) is 61.2 Å². The van der Waals surface area contributed by atoms with Gasteiger partial charge in [-0.25, -0.2) is 9.67 Å². The van der Waals surface area contributed by atoms with Crippen molar-refractivity contribution in [2.24, 2.45) is 0 Å². The van der Waals surface area contributed by atoms with Gasteiger partial charge in [0.2, 0.25) is 0 Å². The Morgan fingerprint density at radius 3 is 2.95 bits per heavy atom. The first kappa shape index (κ1) is 14.0. The van der Waals surface area contributed by atoms with Gasteiger partial charge in [0.1, 0.15) is 6.10 Å². The Labute approximate surface area is 124 Å². The van der Waals surface area contributed by atoms with Crippen LogP contribution in [0.4, 0.5) is 5.69 Å². The van der Waals surface area contributed by atoms with Crippen LogP contribution in [-0.2, 0) is 9.47 Å². The third-order valence-corrected chi connectivity index (χ3v) is 3.74. The third-order valence-electron chi connectivity index (χ3n) is 3.74. The molecule has 2 aromatic rings. The van der Waals surface area contributed by atoms with Crippen LogP contribution in [0.1, 0.15) is 13.3 Å². The summed E-state index contributed by atoms with van der Waals surface area (Å²) in [6.07, 6.45) is 6.66. The Morgan fingerprint density at radius 2 is 2.33 bits per heavy atom. The summed E-state index contributed by atoms with van der Waals surface area (Å²) in [7, 11) is 1.73. The molecule has 3 rings (SSSR count). The van der Waals surface area contributed by atoms with Gasteiger partial charge in [-0.2, -0.15) is 5.10 Å². The molecule has 0 amide bonds. The highest BCUT2D eigenvalue weighted by Gasteiger charge is 2.42. The molecule has 0 aromatic carbocycles. The van der Waals surface area contributed by atoms with Gasteiger partial charge in [-0.3, -0.25) is 0 Å². The second kappa shape index (κ2) is 6.24. The SMILES string of the molecule is CCOC1CC(Nc2ccc(-n3cccn3)nc2)C1OC. The number of hydrogen-bond donors (Lipinski definition) is 1. The molecule has 0 saturated heterocycles. The van der Waals surface area contributed by atoms with E-state index in [1.807, 2.05) is 37.5 Å². The Kier molecular flexibility index (Phi) is 4.17. The zero-order chi connectivity index (χ0) is 14.7. The highest BCUT2D eigenvalue weighted by Crippen LogP contribution is 2.29. The van der Waals surface area contributed by atoms with E-state index in [1.165, 1.54) is 0 Å². The van der Waals surface area contributed by atoms with Crippen molar-refractivity contribution in [1.82, 2.24) is 14.8 Å². The molecular weight excluding hydrogens is 268 g/mol. The maximum absolute atomic E-state index is 5.63. The number of methoxy groups -OCH3 is 1. The van der Waals surface area contributed by atoms with E-state index in [0.29, 0.717) is 0 Å². The van der Waals surface area contributed by atoms with Crippen molar-refractivity contribution in [2.75, 3.05) is 19.0 Å². The fraction of sp³-hybridized carbons (Fsp3) is 0.467. The van der Waals surface area contributed by atoms with E-state index in [4.69, 9.17) is 9.47 Å². The number of pyridine rings is 1. The van der Waals surface area contributed by atoms with E-state index in [2.05, 4.69) is 15.4 Å². The number of nitrogens with one attached hydrogen (secondary N) is 1. The molecule has 0 bridgehead atoms. The summed E-state index contributed by atoms with van der Waals surface area (Å²) in [4.78, 5) is 4.40. The number of anilines is 1. The zero-order valence-electron chi connectivity index (χ0n) is 12.3. The molecule has 1 N–H and O–H groups in total. The molecule has 3 unspecified atom stereocenters. The van der Waals surface area contributed by atoms with Crippen molar-refractivity contribution in [1.29, 1.82) is 0 Å². The quantitative estimate of drug-likeness (QED) is 0.879. The standard InChI is InChI=1S/C15H20N4O2/c1-3-21-13-9-12(15(13)20-2)18-11-5-6-14(16-10-11)19-8-4-7-17-19/h4-8,10,12-13,15,18H,3,9H2,1-2H3. The minimum Gasteiger partial charge on any atom is -0.378 e. The molecule has 6 nitrogen and oxygen atoms in total. The van der Waals surface area contributed by atoms with Gasteiger partial charge < -0.3 is 14.8 Å². The average Bonchev–Trinajstić information content (AvgIpc) is 3.01. The molecule has 1 aliphatic rings. The predicted octanol–water partition coefficient (Wildman–Crippen LogP) is 1.87. The summed E-state index contributed by atoms with van der Waals surface area (Å²) >= 11 is 0. The van der Waals surface area contributed by atoms with Crippen LogP contribution in [0.5, 0.6) is 0 Å². The molecular formula is C15H20N4O2. The lowest BCUT2D eigenvalue weighted by Gasteiger charge is -2.43. The van der Waals surface area contributed by atoms with Gasteiger partial charge in [0.05, 0.1) is 24.0 Å². The summed E-state index contributed by atoms with van der Waals surface area (Å²) in [6, 6.07) is 6.09. The van der Waals surface area contributed by atoms with Gasteiger partial charge in [-0.1, -0.05) is 0 Å². The van der Waals surface area contributed by atoms with Gasteiger partial charge >= 0.3 is 0 Å². The average molecular weight is 288 g/mol. The first-order chi connectivity index (χ1) is 10.3. The molecule has 1 fully saturated rings. The van der Waals surface area contributed by atoms with E-state index in [1.54, 1.807) is 18.0 Å². The zero-order valence-corrected chi connectivity index (χ0v) is 12.3. The van der Waals surface area contributed by atoms with Crippen LogP contribution in [0, 0.1) is 0 Å². The molecule has 0 radical (unpaired) electrons. The maximum atomic E-state index is 5.63. The van der Waals surface area contributed by atoms with Crippen molar-refractivity contribution in [3.63, 3.8) is 0 Å². The minimum atomic E-state index is 0.0933. The summed E-state index contributed by atoms with van der Waals surface area (Å²) in [5, 5.41) is 7.60. The lowest BCUT2D eigenvalue weighted by Crippen LogP contribution is -2.56. The molecule has 0 spiro atoms. The molecule has 6 heteroatoms. The van der Waals surface area contributed by atoms with Gasteiger partial charge in [0, 0.05) is 26.1 Å². The fourth-order valence-corrected chi connectivity index (χ4v) is 2.64. The fourth-order valence-electron chi connectivity index (χ4n) is 2.64. The maximum Gasteiger partial charge on any atom is 0.153 e. The van der Waals surface area contributed by atoms with Crippen LogP contribution in [0.2, 0.25) is 0 Å². The third kappa shape index (κ3) is 2.91. The summed E-state index contributed by atoms with van der Waals surface area (Å²) in [5.74, 6) is 0.801. The molecule has 0 aliphatic heterocycles. The number of ether oxygens (including phenoxy) is 2. The Bertz CT molecular complexity index is 556. The molecule has 2 heterocycles. The first-order valence-corrected chi connectivity index (χ1v) is 7.19. The smallest absolute Gasteiger partial charge is 0.153 e. The summed E-state index contributed by atoms with van der Waals surface area (Å²) in [5.41, 5.74) is 0.980. The number of hydrogen-bond acceptors (Lipinski definition) is 5. The molecule has 1 saturated carbocycles. The second-order valence-electron chi connectivity index (χ2n) is 5.04. The van der Waals surface area contributed by atoms with Gasteiger partial charge in [0.15, 0.2) is 5.82 Å². The lowest BCUT2D eigenvalue weighted by atomic mass is 9.85. The monoisotopic (exact) mass is 288 g/mol. The number of rotatable bonds is 6. The second-order valence-corrected chi connectivity index (χ2v) is 5.04. The first-order valence-electron chi connectivity index (χ1n) is 7.19. The van der Waals surface area contributed by atoms with Crippen LogP contribution in [0.25, 0.3) is 5.82 Å².